The van der Waals surface area contributed by atoms with Gasteiger partial charge in [0.2, 0.25) is 0 Å². The minimum absolute atomic E-state index is 0.197. The van der Waals surface area contributed by atoms with Gasteiger partial charge in [-0.05, 0) is 73.0 Å². The van der Waals surface area contributed by atoms with Crippen molar-refractivity contribution in [3.8, 4) is 5.75 Å². The molecule has 0 radical (unpaired) electrons. The molecule has 30 heavy (non-hydrogen) atoms. The van der Waals surface area contributed by atoms with Gasteiger partial charge in [0.25, 0.3) is 0 Å². The third-order valence-electron chi connectivity index (χ3n) is 6.91. The molecule has 5 heteroatoms. The number of aliphatic hydroxyl groups excluding tert-OH is 1. The number of aliphatic hydroxyl groups is 1. The van der Waals surface area contributed by atoms with Crippen LogP contribution in [0.3, 0.4) is 0 Å². The number of halogens is 1. The van der Waals surface area contributed by atoms with E-state index in [1.165, 1.54) is 26.6 Å². The number of nitrogens with zero attached hydrogens (tertiary/aromatic N) is 1. The van der Waals surface area contributed by atoms with Crippen LogP contribution in [0.5, 0.6) is 5.75 Å². The summed E-state index contributed by atoms with van der Waals surface area (Å²) < 4.78 is 6.57. The smallest absolute Gasteiger partial charge is 0.119 e. The van der Waals surface area contributed by atoms with Crippen molar-refractivity contribution in [2.75, 3.05) is 20.2 Å². The molecule has 2 heterocycles. The first-order chi connectivity index (χ1) is 14.5. The second-order valence-electron chi connectivity index (χ2n) is 8.63. The number of fused-ring (bicyclic) bond motifs is 4. The highest BCUT2D eigenvalue weighted by Gasteiger charge is 2.38. The highest BCUT2D eigenvalue weighted by molar-refractivity contribution is 9.10. The number of nitrogens with one attached hydrogen (secondary N) is 1. The van der Waals surface area contributed by atoms with Crippen LogP contribution in [-0.4, -0.2) is 35.2 Å². The molecule has 0 spiro atoms. The Morgan fingerprint density at radius 1 is 1.23 bits per heavy atom. The monoisotopic (exact) mass is 466 g/mol. The summed E-state index contributed by atoms with van der Waals surface area (Å²) in [6.07, 6.45) is 3.31. The van der Waals surface area contributed by atoms with E-state index in [9.17, 15) is 5.11 Å². The van der Waals surface area contributed by atoms with Gasteiger partial charge in [-0.3, -0.25) is 4.90 Å². The molecule has 2 aliphatic rings. The van der Waals surface area contributed by atoms with Gasteiger partial charge in [0, 0.05) is 27.6 Å². The molecule has 2 aromatic carbocycles. The maximum Gasteiger partial charge on any atom is 0.119 e. The Hall–Kier alpha value is -2.24. The first-order valence-electron chi connectivity index (χ1n) is 10.6. The van der Waals surface area contributed by atoms with Crippen LogP contribution in [-0.2, 0) is 12.8 Å². The number of hydrogen-bond donors (Lipinski definition) is 2. The number of likely N-dealkylation sites (tertiary alicyclic amines) is 1. The fourth-order valence-electron chi connectivity index (χ4n) is 5.52. The highest BCUT2D eigenvalue weighted by atomic mass is 79.9. The molecule has 2 N–H and O–H groups in total. The molecule has 1 aromatic heterocycles. The Labute approximate surface area is 185 Å². The average molecular weight is 467 g/mol. The average Bonchev–Trinajstić information content (AvgIpc) is 3.10. The zero-order valence-corrected chi connectivity index (χ0v) is 18.8. The van der Waals surface area contributed by atoms with E-state index in [1.54, 1.807) is 7.11 Å². The standard InChI is InChI=1S/C25H27BrN2O2/c1-15(29)25(17-5-3-6-19(11-17)30-2)28-10-9-16-13-23-20(12-18(16)14-28)24-21(26)7-4-8-22(24)27-23/h3-8,11,16,18,25,27,29H,1,9-10,12-14H2,2H3. The lowest BCUT2D eigenvalue weighted by Gasteiger charge is -2.44. The van der Waals surface area contributed by atoms with E-state index >= 15 is 0 Å². The van der Waals surface area contributed by atoms with E-state index in [0.717, 1.165) is 43.7 Å². The molecule has 1 fully saturated rings. The van der Waals surface area contributed by atoms with Crippen molar-refractivity contribution in [2.45, 2.75) is 25.3 Å². The zero-order valence-electron chi connectivity index (χ0n) is 17.2. The molecule has 0 amide bonds. The van der Waals surface area contributed by atoms with E-state index in [4.69, 9.17) is 4.74 Å². The molecule has 0 bridgehead atoms. The summed E-state index contributed by atoms with van der Waals surface area (Å²) in [4.78, 5) is 6.06. The van der Waals surface area contributed by atoms with Crippen LogP contribution < -0.4 is 4.74 Å². The van der Waals surface area contributed by atoms with Crippen molar-refractivity contribution in [1.82, 2.24) is 9.88 Å². The van der Waals surface area contributed by atoms with Crippen LogP contribution in [0.25, 0.3) is 10.9 Å². The second-order valence-corrected chi connectivity index (χ2v) is 9.48. The third kappa shape index (κ3) is 3.34. The minimum Gasteiger partial charge on any atom is -0.511 e. The number of hydrogen-bond acceptors (Lipinski definition) is 3. The van der Waals surface area contributed by atoms with Gasteiger partial charge in [0.1, 0.15) is 11.5 Å². The molecule has 1 aliphatic carbocycles. The summed E-state index contributed by atoms with van der Waals surface area (Å²) in [5.74, 6) is 2.26. The van der Waals surface area contributed by atoms with Crippen molar-refractivity contribution in [3.05, 3.63) is 76.1 Å². The number of H-pyrrole nitrogens is 1. The fraction of sp³-hybridized carbons (Fsp3) is 0.360. The van der Waals surface area contributed by atoms with Crippen molar-refractivity contribution >= 4 is 26.8 Å². The highest BCUT2D eigenvalue weighted by Crippen LogP contribution is 2.43. The zero-order chi connectivity index (χ0) is 20.8. The van der Waals surface area contributed by atoms with E-state index in [-0.39, 0.29) is 11.8 Å². The van der Waals surface area contributed by atoms with Gasteiger partial charge in [0.05, 0.1) is 13.2 Å². The summed E-state index contributed by atoms with van der Waals surface area (Å²) in [5, 5.41) is 11.8. The first-order valence-corrected chi connectivity index (χ1v) is 11.4. The van der Waals surface area contributed by atoms with Crippen LogP contribution in [0.2, 0.25) is 0 Å². The summed E-state index contributed by atoms with van der Waals surface area (Å²) in [6.45, 7) is 5.83. The van der Waals surface area contributed by atoms with Crippen molar-refractivity contribution in [3.63, 3.8) is 0 Å². The van der Waals surface area contributed by atoms with Crippen LogP contribution in [0.4, 0.5) is 0 Å². The van der Waals surface area contributed by atoms with Crippen LogP contribution in [0.1, 0.15) is 29.3 Å². The van der Waals surface area contributed by atoms with Gasteiger partial charge < -0.3 is 14.8 Å². The molecule has 1 saturated heterocycles. The predicted molar refractivity (Wildman–Crippen MR) is 124 cm³/mol. The van der Waals surface area contributed by atoms with E-state index < -0.39 is 0 Å². The normalized spacial score (nSPS) is 22.3. The van der Waals surface area contributed by atoms with Gasteiger partial charge in [-0.2, -0.15) is 0 Å². The molecule has 1 aliphatic heterocycles. The number of methoxy groups -OCH3 is 1. The molecule has 4 nitrogen and oxygen atoms in total. The summed E-state index contributed by atoms with van der Waals surface area (Å²) in [7, 11) is 1.67. The molecule has 3 unspecified atom stereocenters. The molecule has 3 atom stereocenters. The van der Waals surface area contributed by atoms with E-state index in [0.29, 0.717) is 11.8 Å². The van der Waals surface area contributed by atoms with Gasteiger partial charge >= 0.3 is 0 Å². The van der Waals surface area contributed by atoms with Gasteiger partial charge in [-0.15, -0.1) is 0 Å². The Bertz CT molecular complexity index is 1110. The molecule has 0 saturated carbocycles. The summed E-state index contributed by atoms with van der Waals surface area (Å²) in [6, 6.07) is 14.2. The largest absolute Gasteiger partial charge is 0.511 e. The number of aromatic nitrogens is 1. The number of piperidine rings is 1. The molecule has 3 aromatic rings. The quantitative estimate of drug-likeness (QED) is 0.478. The molecular weight excluding hydrogens is 440 g/mol. The summed E-state index contributed by atoms with van der Waals surface area (Å²) >= 11 is 3.75. The SMILES string of the molecule is C=C(O)C(c1cccc(OC)c1)N1CCC2Cc3[nH]c4cccc(Br)c4c3CC2C1. The van der Waals surface area contributed by atoms with E-state index in [1.807, 2.05) is 18.2 Å². The van der Waals surface area contributed by atoms with Crippen LogP contribution >= 0.6 is 15.9 Å². The van der Waals surface area contributed by atoms with Crippen molar-refractivity contribution in [2.24, 2.45) is 11.8 Å². The number of rotatable bonds is 4. The molecule has 156 valence electrons. The topological polar surface area (TPSA) is 48.5 Å². The second kappa shape index (κ2) is 7.78. The lowest BCUT2D eigenvalue weighted by molar-refractivity contribution is 0.0716. The molecule has 5 rings (SSSR count). The number of ether oxygens (including phenoxy) is 1. The van der Waals surface area contributed by atoms with Crippen molar-refractivity contribution in [1.29, 1.82) is 0 Å². The number of benzene rings is 2. The van der Waals surface area contributed by atoms with Gasteiger partial charge in [-0.25, -0.2) is 0 Å². The minimum atomic E-state index is -0.197. The van der Waals surface area contributed by atoms with Gasteiger partial charge in [0.15, 0.2) is 0 Å². The maximum absolute atomic E-state index is 10.5. The van der Waals surface area contributed by atoms with Crippen molar-refractivity contribution < 1.29 is 9.84 Å². The van der Waals surface area contributed by atoms with E-state index in [2.05, 4.69) is 56.7 Å². The lowest BCUT2D eigenvalue weighted by Crippen LogP contribution is -2.45. The predicted octanol–water partition coefficient (Wildman–Crippen LogP) is 5.79. The Kier molecular flexibility index (Phi) is 5.11. The van der Waals surface area contributed by atoms with Crippen LogP contribution in [0.15, 0.2) is 59.3 Å². The lowest BCUT2D eigenvalue weighted by atomic mass is 9.73. The molecular formula is C25H27BrN2O2. The summed E-state index contributed by atoms with van der Waals surface area (Å²) in [5.41, 5.74) is 5.12. The fourth-order valence-corrected chi connectivity index (χ4v) is 6.12. The third-order valence-corrected chi connectivity index (χ3v) is 7.57. The number of aromatic amines is 1. The van der Waals surface area contributed by atoms with Crippen LogP contribution in [0, 0.1) is 11.8 Å². The maximum atomic E-state index is 10.5. The Morgan fingerprint density at radius 3 is 2.87 bits per heavy atom. The van der Waals surface area contributed by atoms with Gasteiger partial charge in [-0.1, -0.05) is 40.7 Å². The first kappa shape index (κ1) is 19.7. The Morgan fingerprint density at radius 2 is 2.07 bits per heavy atom. The Balaban J connectivity index is 1.44.